The molecule has 0 amide bonds. The lowest BCUT2D eigenvalue weighted by Gasteiger charge is -2.46. The summed E-state index contributed by atoms with van der Waals surface area (Å²) in [5.41, 5.74) is 0. The molecule has 38 heteroatoms. The van der Waals surface area contributed by atoms with Crippen LogP contribution in [0.1, 0.15) is 13.8 Å². The lowest BCUT2D eigenvalue weighted by molar-refractivity contribution is -0.322. The van der Waals surface area contributed by atoms with Crippen molar-refractivity contribution >= 4 is 32.7 Å². The fraction of sp³-hybridized carbons (Fsp3) is 0.905. The number of carboxylic acids is 2. The van der Waals surface area contributed by atoms with Gasteiger partial charge in [0, 0.05) is 29.6 Å². The highest BCUT2D eigenvalue weighted by Gasteiger charge is 2.54. The fourth-order valence-corrected chi connectivity index (χ4v) is 11.0. The third-order valence-corrected chi connectivity index (χ3v) is 15.4. The highest BCUT2D eigenvalue weighted by molar-refractivity contribution is 7.81. The van der Waals surface area contributed by atoms with Crippen molar-refractivity contribution in [2.24, 2.45) is 29.6 Å². The van der Waals surface area contributed by atoms with Crippen LogP contribution in [0.3, 0.4) is 0 Å². The number of aliphatic carboxylic acids is 2. The van der Waals surface area contributed by atoms with E-state index in [1.165, 1.54) is 13.8 Å². The standard InChI is InChI=1S/C42H68O36S2/c1-12-24(46)34(77-79(60,61)62)31(53)41(71-12)68-8-15-14(7-67-39-29(51)19(45)3-20(75-39)36(55)56)23(73-21(4-43)26(15)48)11-66-6-18-28(50)30(52)40(76-33(18)37(57)58)70-10-17-16(27(49)22(5-44)74-38(17)59)9-69-42-32(54)35(78-80(63,64)65)25(47)13(2)72-42/h3,12-19,21-35,38-54,59H,4-11H2,1-2H3,(H,55,56)(H,57,58)(H,60,61,62)(H,63,64,65)/t12?,13?,14?,15-,16-,17?,18-,19+,21?,22?,23+,24+,25+,26-,27-,28+,29?,30?,31?,32?,33?,34-,35-,38+,39+,40+,41+,42+/m0/s1. The molecule has 6 rings (SSSR count). The molecule has 0 bridgehead atoms. The Balaban J connectivity index is 1.16. The van der Waals surface area contributed by atoms with Crippen molar-refractivity contribution in [3.63, 3.8) is 0 Å². The summed E-state index contributed by atoms with van der Waals surface area (Å²) in [5.74, 6) is -11.5. The first-order valence-corrected chi connectivity index (χ1v) is 27.3. The van der Waals surface area contributed by atoms with Gasteiger partial charge in [0.25, 0.3) is 0 Å². The molecule has 0 saturated carbocycles. The van der Waals surface area contributed by atoms with E-state index in [1.807, 2.05) is 0 Å². The van der Waals surface area contributed by atoms with Crippen LogP contribution in [0.25, 0.3) is 0 Å². The van der Waals surface area contributed by atoms with Crippen LogP contribution in [-0.2, 0) is 90.9 Å². The van der Waals surface area contributed by atoms with Crippen molar-refractivity contribution in [3.8, 4) is 0 Å². The summed E-state index contributed by atoms with van der Waals surface area (Å²) < 4.78 is 135. The van der Waals surface area contributed by atoms with Gasteiger partial charge in [-0.2, -0.15) is 16.8 Å². The average Bonchev–Trinajstić information content (AvgIpc) is 3.42. The maximum absolute atomic E-state index is 12.7. The molecule has 17 N–H and O–H groups in total. The summed E-state index contributed by atoms with van der Waals surface area (Å²) in [4.78, 5) is 24.4. The Labute approximate surface area is 453 Å². The first kappa shape index (κ1) is 66.4. The van der Waals surface area contributed by atoms with Gasteiger partial charge in [-0.05, 0) is 19.9 Å². The first-order valence-electron chi connectivity index (χ1n) is 24.6. The fourth-order valence-electron chi connectivity index (χ4n) is 9.97. The highest BCUT2D eigenvalue weighted by Crippen LogP contribution is 2.38. The molecule has 5 fully saturated rings. The summed E-state index contributed by atoms with van der Waals surface area (Å²) >= 11 is 0. The zero-order chi connectivity index (χ0) is 59.5. The predicted molar refractivity (Wildman–Crippen MR) is 244 cm³/mol. The summed E-state index contributed by atoms with van der Waals surface area (Å²) in [6.07, 6.45) is -41.5. The molecular weight excluding hydrogens is 1140 g/mol. The van der Waals surface area contributed by atoms with E-state index >= 15 is 0 Å². The monoisotopic (exact) mass is 1210 g/mol. The van der Waals surface area contributed by atoms with Gasteiger partial charge in [-0.25, -0.2) is 18.0 Å². The lowest BCUT2D eigenvalue weighted by Crippen LogP contribution is -2.61. The second-order valence-electron chi connectivity index (χ2n) is 19.7. The number of aliphatic hydroxyl groups is 13. The van der Waals surface area contributed by atoms with Crippen molar-refractivity contribution in [1.29, 1.82) is 0 Å². The molecule has 0 radical (unpaired) electrons. The molecule has 36 nitrogen and oxygen atoms in total. The minimum atomic E-state index is -5.28. The summed E-state index contributed by atoms with van der Waals surface area (Å²) in [6, 6.07) is 0. The molecule has 0 aromatic carbocycles. The Hall–Kier alpha value is -2.70. The lowest BCUT2D eigenvalue weighted by atomic mass is 9.79. The maximum Gasteiger partial charge on any atom is 0.397 e. The number of aliphatic hydroxyl groups excluding tert-OH is 13. The van der Waals surface area contributed by atoms with Gasteiger partial charge >= 0.3 is 32.7 Å². The van der Waals surface area contributed by atoms with Crippen LogP contribution >= 0.6 is 0 Å². The van der Waals surface area contributed by atoms with Gasteiger partial charge in [0.15, 0.2) is 31.3 Å². The van der Waals surface area contributed by atoms with Crippen LogP contribution in [0, 0.1) is 29.6 Å². The zero-order valence-electron chi connectivity index (χ0n) is 42.1. The van der Waals surface area contributed by atoms with Crippen molar-refractivity contribution in [2.45, 2.75) is 155 Å². The third-order valence-electron chi connectivity index (χ3n) is 14.4. The highest BCUT2D eigenvalue weighted by atomic mass is 32.3. The van der Waals surface area contributed by atoms with Gasteiger partial charge in [-0.15, -0.1) is 0 Å². The van der Waals surface area contributed by atoms with Crippen LogP contribution in [0.5, 0.6) is 0 Å². The van der Waals surface area contributed by atoms with E-state index < -0.39 is 262 Å². The normalized spacial score (nSPS) is 44.9. The minimum absolute atomic E-state index is 0.677. The van der Waals surface area contributed by atoms with Gasteiger partial charge in [-0.1, -0.05) is 0 Å². The molecule has 6 aliphatic heterocycles. The van der Waals surface area contributed by atoms with E-state index in [4.69, 9.17) is 52.1 Å². The number of carbonyl (C=O) groups is 2. The summed E-state index contributed by atoms with van der Waals surface area (Å²) in [6.45, 7) is -3.86. The molecule has 80 heavy (non-hydrogen) atoms. The molecule has 5 saturated heterocycles. The molecule has 464 valence electrons. The second-order valence-corrected chi connectivity index (χ2v) is 21.8. The van der Waals surface area contributed by atoms with Crippen molar-refractivity contribution in [2.75, 3.05) is 52.9 Å². The number of rotatable bonds is 24. The molecule has 0 spiro atoms. The van der Waals surface area contributed by atoms with Gasteiger partial charge < -0.3 is 129 Å². The van der Waals surface area contributed by atoms with E-state index in [0.717, 1.165) is 0 Å². The molecule has 0 aliphatic carbocycles. The van der Waals surface area contributed by atoms with Gasteiger partial charge in [0.1, 0.15) is 67.1 Å². The van der Waals surface area contributed by atoms with Gasteiger partial charge in [-0.3, -0.25) is 9.11 Å². The van der Waals surface area contributed by atoms with E-state index in [2.05, 4.69) is 8.37 Å². The number of hydrogen-bond acceptors (Lipinski definition) is 32. The Bertz CT molecular complexity index is 2280. The zero-order valence-corrected chi connectivity index (χ0v) is 43.7. The molecule has 6 aliphatic rings. The SMILES string of the molecule is CC1O[C@@H](OC[C@H]2C(CO[C@@H]3OC(C(=O)O)[C@@H](COC[C@H]4OC(CO)[C@@H](O)[C@@H](CO[C@@H]5OC(C)[C@@H](O)[C@H](OS(=O)(=O)O)C5O)C4CO[C@@H]4OC(C(=O)O)=C[C@@H](O)C4O)[C@@H](O)C3O)[C@H](O)OC(CO)[C@H]2O)C(O)[C@@H](OS(=O)(=O)O)[C@@H]1O. The van der Waals surface area contributed by atoms with Crippen LogP contribution in [0.4, 0.5) is 0 Å². The Morgan fingerprint density at radius 3 is 1.41 bits per heavy atom. The summed E-state index contributed by atoms with van der Waals surface area (Å²) in [5, 5.41) is 160. The Morgan fingerprint density at radius 2 is 0.938 bits per heavy atom. The number of ether oxygens (including phenoxy) is 11. The quantitative estimate of drug-likeness (QED) is 0.0399. The first-order chi connectivity index (χ1) is 37.4. The Morgan fingerprint density at radius 1 is 0.487 bits per heavy atom. The van der Waals surface area contributed by atoms with E-state index in [1.54, 1.807) is 0 Å². The topological polar surface area (TPSA) is 566 Å². The van der Waals surface area contributed by atoms with Crippen molar-refractivity contribution < 1.29 is 173 Å². The third kappa shape index (κ3) is 16.0. The Kier molecular flexibility index (Phi) is 23.3. The van der Waals surface area contributed by atoms with Crippen molar-refractivity contribution in [1.82, 2.24) is 0 Å². The average molecular weight is 1210 g/mol. The molecule has 6 heterocycles. The van der Waals surface area contributed by atoms with Crippen LogP contribution in [0.15, 0.2) is 11.8 Å². The second kappa shape index (κ2) is 28.0. The van der Waals surface area contributed by atoms with E-state index in [-0.39, 0.29) is 0 Å². The van der Waals surface area contributed by atoms with Crippen LogP contribution in [-0.4, -0.2) is 309 Å². The molecule has 0 aromatic rings. The van der Waals surface area contributed by atoms with Gasteiger partial charge in [0.2, 0.25) is 12.0 Å². The molecule has 28 atom stereocenters. The summed E-state index contributed by atoms with van der Waals surface area (Å²) in [7, 11) is -10.5. The van der Waals surface area contributed by atoms with Crippen LogP contribution < -0.4 is 0 Å². The number of carboxylic acid groups (broad SMARTS) is 2. The van der Waals surface area contributed by atoms with Crippen LogP contribution in [0.2, 0.25) is 0 Å². The maximum atomic E-state index is 12.7. The molecule has 0 aromatic heterocycles. The molecular formula is C42H68O36S2. The van der Waals surface area contributed by atoms with Gasteiger partial charge in [0.05, 0.1) is 89.5 Å². The predicted octanol–water partition coefficient (Wildman–Crippen LogP) is -9.77. The van der Waals surface area contributed by atoms with Crippen molar-refractivity contribution in [3.05, 3.63) is 11.8 Å². The minimum Gasteiger partial charge on any atom is -0.479 e. The van der Waals surface area contributed by atoms with E-state index in [9.17, 15) is 112 Å². The van der Waals surface area contributed by atoms with E-state index in [0.29, 0.717) is 6.08 Å². The smallest absolute Gasteiger partial charge is 0.397 e. The largest absolute Gasteiger partial charge is 0.479 e. The number of hydrogen-bond donors (Lipinski definition) is 17. The molecule has 11 unspecified atom stereocenters.